The largest absolute Gasteiger partial charge is 0.359 e. The molecule has 2 aliphatic carbocycles. The highest BCUT2D eigenvalue weighted by molar-refractivity contribution is 5.87. The van der Waals surface area contributed by atoms with Gasteiger partial charge in [0.15, 0.2) is 5.82 Å². The van der Waals surface area contributed by atoms with E-state index in [2.05, 4.69) is 20.8 Å². The maximum Gasteiger partial charge on any atom is 0.228 e. The third-order valence-electron chi connectivity index (χ3n) is 6.34. The van der Waals surface area contributed by atoms with Gasteiger partial charge in [0, 0.05) is 31.8 Å². The van der Waals surface area contributed by atoms with Crippen LogP contribution >= 0.6 is 0 Å². The van der Waals surface area contributed by atoms with Crippen molar-refractivity contribution in [3.63, 3.8) is 0 Å². The Hall–Kier alpha value is -1.92. The minimum absolute atomic E-state index is 0.00849. The molecule has 2 fully saturated rings. The zero-order chi connectivity index (χ0) is 18.2. The van der Waals surface area contributed by atoms with Crippen LogP contribution in [0.15, 0.2) is 4.52 Å². The number of amides is 2. The van der Waals surface area contributed by atoms with E-state index in [4.69, 9.17) is 4.52 Å². The molecule has 7 heteroatoms. The van der Waals surface area contributed by atoms with Gasteiger partial charge in [-0.15, -0.1) is 0 Å². The predicted octanol–water partition coefficient (Wildman–Crippen LogP) is 1.79. The second kappa shape index (κ2) is 6.42. The zero-order valence-electron chi connectivity index (χ0n) is 15.5. The van der Waals surface area contributed by atoms with Crippen LogP contribution in [0.2, 0.25) is 0 Å². The molecular formula is C18H28N4O3. The lowest BCUT2D eigenvalue weighted by Crippen LogP contribution is -2.49. The van der Waals surface area contributed by atoms with Crippen molar-refractivity contribution in [2.75, 3.05) is 13.6 Å². The molecule has 0 aromatic carbocycles. The van der Waals surface area contributed by atoms with Crippen molar-refractivity contribution in [3.8, 4) is 0 Å². The highest BCUT2D eigenvalue weighted by atomic mass is 16.5. The molecule has 138 valence electrons. The Balaban J connectivity index is 1.57. The van der Waals surface area contributed by atoms with E-state index in [9.17, 15) is 9.59 Å². The summed E-state index contributed by atoms with van der Waals surface area (Å²) >= 11 is 0. The van der Waals surface area contributed by atoms with Gasteiger partial charge in [0.25, 0.3) is 0 Å². The fourth-order valence-electron chi connectivity index (χ4n) is 3.89. The van der Waals surface area contributed by atoms with Gasteiger partial charge in [0.05, 0.1) is 5.41 Å². The van der Waals surface area contributed by atoms with Gasteiger partial charge >= 0.3 is 0 Å². The number of nitrogens with one attached hydrogen (secondary N) is 2. The molecule has 0 bridgehead atoms. The van der Waals surface area contributed by atoms with Gasteiger partial charge in [0.1, 0.15) is 0 Å². The molecule has 0 saturated heterocycles. The van der Waals surface area contributed by atoms with Gasteiger partial charge in [0.2, 0.25) is 17.7 Å². The third-order valence-corrected chi connectivity index (χ3v) is 6.34. The summed E-state index contributed by atoms with van der Waals surface area (Å²) < 4.78 is 5.24. The minimum atomic E-state index is -0.571. The molecule has 1 heterocycles. The van der Waals surface area contributed by atoms with Gasteiger partial charge < -0.3 is 15.2 Å². The quantitative estimate of drug-likeness (QED) is 0.817. The second-order valence-electron chi connectivity index (χ2n) is 8.09. The Morgan fingerprint density at radius 3 is 2.60 bits per heavy atom. The first kappa shape index (κ1) is 17.9. The van der Waals surface area contributed by atoms with Crippen LogP contribution in [0.5, 0.6) is 0 Å². The average Bonchev–Trinajstić information content (AvgIpc) is 3.27. The van der Waals surface area contributed by atoms with Gasteiger partial charge in [-0.2, -0.15) is 4.98 Å². The molecule has 2 atom stereocenters. The van der Waals surface area contributed by atoms with Gasteiger partial charge in [-0.25, -0.2) is 0 Å². The number of carbonyl (C=O) groups excluding carboxylic acids is 2. The molecular weight excluding hydrogens is 320 g/mol. The van der Waals surface area contributed by atoms with Crippen LogP contribution in [0.1, 0.15) is 64.1 Å². The molecule has 3 rings (SSSR count). The van der Waals surface area contributed by atoms with E-state index in [1.165, 1.54) is 0 Å². The van der Waals surface area contributed by atoms with Gasteiger partial charge in [-0.05, 0) is 31.1 Å². The molecule has 7 nitrogen and oxygen atoms in total. The maximum atomic E-state index is 12.8. The summed E-state index contributed by atoms with van der Waals surface area (Å²) in [5, 5.41) is 9.71. The first-order valence-electron chi connectivity index (χ1n) is 9.12. The van der Waals surface area contributed by atoms with Crippen molar-refractivity contribution in [1.82, 2.24) is 20.8 Å². The van der Waals surface area contributed by atoms with E-state index in [1.54, 1.807) is 7.05 Å². The molecule has 25 heavy (non-hydrogen) atoms. The Labute approximate surface area is 148 Å². The topological polar surface area (TPSA) is 97.1 Å². The number of aromatic nitrogens is 2. The summed E-state index contributed by atoms with van der Waals surface area (Å²) in [6, 6.07) is 0. The lowest BCUT2D eigenvalue weighted by molar-refractivity contribution is -0.138. The van der Waals surface area contributed by atoms with Crippen LogP contribution in [0, 0.1) is 16.7 Å². The van der Waals surface area contributed by atoms with E-state index < -0.39 is 10.8 Å². The summed E-state index contributed by atoms with van der Waals surface area (Å²) in [4.78, 5) is 29.4. The first-order valence-corrected chi connectivity index (χ1v) is 9.12. The predicted molar refractivity (Wildman–Crippen MR) is 91.7 cm³/mol. The summed E-state index contributed by atoms with van der Waals surface area (Å²) in [5.41, 5.74) is -0.973. The lowest BCUT2D eigenvalue weighted by atomic mass is 9.65. The van der Waals surface area contributed by atoms with Crippen LogP contribution in [0.4, 0.5) is 0 Å². The highest BCUT2D eigenvalue weighted by Gasteiger charge is 2.57. The van der Waals surface area contributed by atoms with Crippen molar-refractivity contribution < 1.29 is 14.1 Å². The zero-order valence-corrected chi connectivity index (χ0v) is 15.5. The van der Waals surface area contributed by atoms with Crippen molar-refractivity contribution in [2.24, 2.45) is 16.7 Å². The summed E-state index contributed by atoms with van der Waals surface area (Å²) in [5.74, 6) is 1.68. The molecule has 2 amide bonds. The fourth-order valence-corrected chi connectivity index (χ4v) is 3.89. The molecule has 0 radical (unpaired) electrons. The summed E-state index contributed by atoms with van der Waals surface area (Å²) in [7, 11) is 1.65. The number of nitrogens with zero attached hydrogens (tertiary/aromatic N) is 2. The van der Waals surface area contributed by atoms with Crippen LogP contribution in [-0.4, -0.2) is 35.5 Å². The van der Waals surface area contributed by atoms with E-state index in [0.717, 1.165) is 25.1 Å². The van der Waals surface area contributed by atoms with Crippen molar-refractivity contribution in [2.45, 2.75) is 58.8 Å². The van der Waals surface area contributed by atoms with E-state index >= 15 is 0 Å². The number of hydrogen-bond acceptors (Lipinski definition) is 5. The molecule has 2 saturated carbocycles. The molecule has 0 unspecified atom stereocenters. The van der Waals surface area contributed by atoms with E-state index in [1.807, 2.05) is 20.8 Å². The monoisotopic (exact) mass is 348 g/mol. The van der Waals surface area contributed by atoms with Crippen molar-refractivity contribution in [3.05, 3.63) is 11.7 Å². The third kappa shape index (κ3) is 3.16. The first-order chi connectivity index (χ1) is 11.8. The smallest absolute Gasteiger partial charge is 0.228 e. The SMILES string of the molecule is CNC(=O)[C@@H]1CC[C@](C)(C(=O)NCCc2nc(C3CC3)no2)C1(C)C. The Morgan fingerprint density at radius 1 is 1.24 bits per heavy atom. The molecule has 0 aliphatic heterocycles. The number of rotatable bonds is 6. The molecule has 2 aliphatic rings. The Morgan fingerprint density at radius 2 is 1.96 bits per heavy atom. The van der Waals surface area contributed by atoms with Gasteiger partial charge in [-0.1, -0.05) is 25.9 Å². The maximum absolute atomic E-state index is 12.8. The van der Waals surface area contributed by atoms with Crippen LogP contribution in [-0.2, 0) is 16.0 Å². The second-order valence-corrected chi connectivity index (χ2v) is 8.09. The minimum Gasteiger partial charge on any atom is -0.359 e. The van der Waals surface area contributed by atoms with E-state index in [0.29, 0.717) is 31.2 Å². The van der Waals surface area contributed by atoms with Crippen LogP contribution < -0.4 is 10.6 Å². The summed E-state index contributed by atoms with van der Waals surface area (Å²) in [6.07, 6.45) is 4.23. The van der Waals surface area contributed by atoms with Crippen LogP contribution in [0.25, 0.3) is 0 Å². The number of carbonyl (C=O) groups is 2. The number of hydrogen-bond donors (Lipinski definition) is 2. The summed E-state index contributed by atoms with van der Waals surface area (Å²) in [6.45, 7) is 6.45. The fraction of sp³-hybridized carbons (Fsp3) is 0.778. The Kier molecular flexibility index (Phi) is 4.60. The van der Waals surface area contributed by atoms with Crippen molar-refractivity contribution >= 4 is 11.8 Å². The molecule has 0 spiro atoms. The van der Waals surface area contributed by atoms with Gasteiger partial charge in [-0.3, -0.25) is 9.59 Å². The molecule has 1 aromatic heterocycles. The highest BCUT2D eigenvalue weighted by Crippen LogP contribution is 2.56. The Bertz CT molecular complexity index is 665. The van der Waals surface area contributed by atoms with E-state index in [-0.39, 0.29) is 17.7 Å². The van der Waals surface area contributed by atoms with Crippen LogP contribution in [0.3, 0.4) is 0 Å². The standard InChI is InChI=1S/C18H28N4O3/c1-17(2)12(15(23)19-4)7-9-18(17,3)16(24)20-10-8-13-21-14(22-25-13)11-5-6-11/h11-12H,5-10H2,1-4H3,(H,19,23)(H,20,24)/t12-,18+/m0/s1. The average molecular weight is 348 g/mol. The molecule has 2 N–H and O–H groups in total. The lowest BCUT2D eigenvalue weighted by Gasteiger charge is -2.39. The normalized spacial score (nSPS) is 27.9. The van der Waals surface area contributed by atoms with Crippen molar-refractivity contribution in [1.29, 1.82) is 0 Å². The molecule has 1 aromatic rings.